The van der Waals surface area contributed by atoms with E-state index < -0.39 is 47.5 Å². The van der Waals surface area contributed by atoms with Gasteiger partial charge in [-0.1, -0.05) is 24.3 Å². The minimum atomic E-state index is -5.06. The van der Waals surface area contributed by atoms with E-state index in [0.717, 1.165) is 42.5 Å². The van der Waals surface area contributed by atoms with Crippen LogP contribution >= 0.6 is 0 Å². The van der Waals surface area contributed by atoms with E-state index in [9.17, 15) is 39.5 Å². The largest absolute Gasteiger partial charge is 0.573 e. The molecule has 3 rings (SSSR count). The van der Waals surface area contributed by atoms with Crippen LogP contribution in [0.2, 0.25) is 0 Å². The molecule has 0 saturated carbocycles. The predicted molar refractivity (Wildman–Crippen MR) is 97.9 cm³/mol. The Bertz CT molecular complexity index is 1070. The first-order chi connectivity index (χ1) is 15.1. The van der Waals surface area contributed by atoms with Crippen molar-refractivity contribution in [3.05, 3.63) is 60.3 Å². The van der Waals surface area contributed by atoms with Crippen LogP contribution in [-0.4, -0.2) is 17.7 Å². The summed E-state index contributed by atoms with van der Waals surface area (Å²) in [5.41, 5.74) is 2.74. The van der Waals surface area contributed by atoms with Crippen LogP contribution in [0.1, 0.15) is 5.69 Å². The van der Waals surface area contributed by atoms with Crippen LogP contribution in [0, 0.1) is 0 Å². The van der Waals surface area contributed by atoms with E-state index in [2.05, 4.69) is 14.5 Å². The molecule has 2 aromatic carbocycles. The van der Waals surface area contributed by atoms with E-state index >= 15 is 0 Å². The minimum Gasteiger partial charge on any atom is -0.406 e. The molecule has 33 heavy (non-hydrogen) atoms. The van der Waals surface area contributed by atoms with Crippen molar-refractivity contribution in [2.24, 2.45) is 0 Å². The molecular formula is C20H11F9N2O2. The lowest BCUT2D eigenvalue weighted by Crippen LogP contribution is -2.17. The molecule has 0 saturated heterocycles. The first kappa shape index (κ1) is 24.0. The maximum Gasteiger partial charge on any atom is 0.573 e. The van der Waals surface area contributed by atoms with Gasteiger partial charge in [0, 0.05) is 11.1 Å². The summed E-state index contributed by atoms with van der Waals surface area (Å²) in [5.74, 6) is -1.45. The zero-order chi connectivity index (χ0) is 24.6. The van der Waals surface area contributed by atoms with Gasteiger partial charge in [-0.15, -0.1) is 26.3 Å². The Hall–Kier alpha value is -3.64. The predicted octanol–water partition coefficient (Wildman–Crippen LogP) is 6.81. The lowest BCUT2D eigenvalue weighted by atomic mass is 9.99. The van der Waals surface area contributed by atoms with E-state index in [1.807, 2.05) is 0 Å². The van der Waals surface area contributed by atoms with E-state index in [-0.39, 0.29) is 16.7 Å². The van der Waals surface area contributed by atoms with Gasteiger partial charge in [-0.2, -0.15) is 13.2 Å². The Kier molecular flexibility index (Phi) is 6.09. The van der Waals surface area contributed by atoms with Crippen LogP contribution in [0.25, 0.3) is 22.4 Å². The van der Waals surface area contributed by atoms with Gasteiger partial charge < -0.3 is 15.2 Å². The Morgan fingerprint density at radius 1 is 0.667 bits per heavy atom. The first-order valence-corrected chi connectivity index (χ1v) is 8.72. The fourth-order valence-corrected chi connectivity index (χ4v) is 2.86. The number of anilines is 1. The molecule has 0 spiro atoms. The molecule has 176 valence electrons. The average molecular weight is 482 g/mol. The standard InChI is InChI=1S/C20H11F9N2O2/c21-18(22,23)15-9-14(10-3-1-5-12(7-10)32-19(24,25)26)16(30)17(31-15)11-4-2-6-13(8-11)33-20(27,28)29/h1-9H,30H2. The van der Waals surface area contributed by atoms with Crippen LogP contribution in [0.15, 0.2) is 54.6 Å². The Labute approximate surface area is 179 Å². The number of nitrogens with zero attached hydrogens (tertiary/aromatic N) is 1. The fraction of sp³-hybridized carbons (Fsp3) is 0.150. The Balaban J connectivity index is 2.18. The van der Waals surface area contributed by atoms with Gasteiger partial charge in [0.15, 0.2) is 0 Å². The van der Waals surface area contributed by atoms with Gasteiger partial charge in [0.05, 0.1) is 11.4 Å². The van der Waals surface area contributed by atoms with Crippen LogP contribution in [-0.2, 0) is 6.18 Å². The second-order valence-corrected chi connectivity index (χ2v) is 6.47. The number of hydrogen-bond acceptors (Lipinski definition) is 4. The van der Waals surface area contributed by atoms with Crippen LogP contribution in [0.5, 0.6) is 11.5 Å². The molecule has 13 heteroatoms. The average Bonchev–Trinajstić information content (AvgIpc) is 2.65. The summed E-state index contributed by atoms with van der Waals surface area (Å²) >= 11 is 0. The topological polar surface area (TPSA) is 57.4 Å². The van der Waals surface area contributed by atoms with Crippen molar-refractivity contribution in [2.45, 2.75) is 18.9 Å². The van der Waals surface area contributed by atoms with Crippen molar-refractivity contribution in [1.29, 1.82) is 0 Å². The monoisotopic (exact) mass is 482 g/mol. The first-order valence-electron chi connectivity index (χ1n) is 8.72. The second kappa shape index (κ2) is 8.37. The second-order valence-electron chi connectivity index (χ2n) is 6.47. The van der Waals surface area contributed by atoms with Crippen molar-refractivity contribution in [1.82, 2.24) is 4.98 Å². The number of rotatable bonds is 4. The third-order valence-electron chi connectivity index (χ3n) is 4.07. The van der Waals surface area contributed by atoms with E-state index in [1.165, 1.54) is 6.07 Å². The van der Waals surface area contributed by atoms with Gasteiger partial charge >= 0.3 is 18.9 Å². The number of pyridine rings is 1. The molecule has 0 bridgehead atoms. The molecule has 0 atom stereocenters. The third-order valence-corrected chi connectivity index (χ3v) is 4.07. The molecule has 0 amide bonds. The molecular weight excluding hydrogens is 471 g/mol. The highest BCUT2D eigenvalue weighted by atomic mass is 19.4. The molecule has 1 aromatic heterocycles. The number of hydrogen-bond donors (Lipinski definition) is 1. The number of ether oxygens (including phenoxy) is 2. The molecule has 2 N–H and O–H groups in total. The zero-order valence-electron chi connectivity index (χ0n) is 15.9. The minimum absolute atomic E-state index is 0.175. The van der Waals surface area contributed by atoms with Crippen LogP contribution in [0.4, 0.5) is 45.2 Å². The summed E-state index contributed by atoms with van der Waals surface area (Å²) in [6.45, 7) is 0. The number of aromatic nitrogens is 1. The van der Waals surface area contributed by atoms with Crippen molar-refractivity contribution >= 4 is 5.69 Å². The number of nitrogens with two attached hydrogens (primary N) is 1. The number of alkyl halides is 9. The van der Waals surface area contributed by atoms with E-state index in [4.69, 9.17) is 5.73 Å². The smallest absolute Gasteiger partial charge is 0.406 e. The van der Waals surface area contributed by atoms with Crippen molar-refractivity contribution in [3.8, 4) is 33.9 Å². The van der Waals surface area contributed by atoms with Crippen LogP contribution in [0.3, 0.4) is 0 Å². The molecule has 0 aliphatic carbocycles. The highest BCUT2D eigenvalue weighted by Crippen LogP contribution is 2.40. The van der Waals surface area contributed by atoms with Crippen LogP contribution < -0.4 is 15.2 Å². The summed E-state index contributed by atoms with van der Waals surface area (Å²) in [6, 6.07) is 8.46. The number of benzene rings is 2. The quantitative estimate of drug-likeness (QED) is 0.415. The molecule has 0 fully saturated rings. The molecule has 0 aliphatic rings. The molecule has 3 aromatic rings. The van der Waals surface area contributed by atoms with Crippen molar-refractivity contribution in [3.63, 3.8) is 0 Å². The van der Waals surface area contributed by atoms with Crippen molar-refractivity contribution < 1.29 is 49.0 Å². The summed E-state index contributed by atoms with van der Waals surface area (Å²) < 4.78 is 123. The normalized spacial score (nSPS) is 12.5. The van der Waals surface area contributed by atoms with Gasteiger partial charge in [0.2, 0.25) is 0 Å². The molecule has 4 nitrogen and oxygen atoms in total. The lowest BCUT2D eigenvalue weighted by molar-refractivity contribution is -0.275. The Morgan fingerprint density at radius 3 is 1.64 bits per heavy atom. The Morgan fingerprint density at radius 2 is 1.15 bits per heavy atom. The maximum absolute atomic E-state index is 13.5. The third kappa shape index (κ3) is 6.20. The van der Waals surface area contributed by atoms with Gasteiger partial charge in [-0.05, 0) is 35.9 Å². The highest BCUT2D eigenvalue weighted by molar-refractivity contribution is 5.87. The maximum atomic E-state index is 13.5. The van der Waals surface area contributed by atoms with E-state index in [1.54, 1.807) is 0 Å². The van der Waals surface area contributed by atoms with E-state index in [0.29, 0.717) is 6.07 Å². The number of halogens is 9. The fourth-order valence-electron chi connectivity index (χ4n) is 2.86. The zero-order valence-corrected chi connectivity index (χ0v) is 15.9. The molecule has 0 unspecified atom stereocenters. The number of nitrogen functional groups attached to an aromatic ring is 1. The van der Waals surface area contributed by atoms with Gasteiger partial charge in [0.25, 0.3) is 0 Å². The summed E-state index contributed by atoms with van der Waals surface area (Å²) in [4.78, 5) is 3.42. The molecule has 1 heterocycles. The van der Waals surface area contributed by atoms with Gasteiger partial charge in [-0.3, -0.25) is 0 Å². The highest BCUT2D eigenvalue weighted by Gasteiger charge is 2.35. The summed E-state index contributed by atoms with van der Waals surface area (Å²) in [6.07, 6.45) is -15.1. The molecule has 0 radical (unpaired) electrons. The van der Waals surface area contributed by atoms with Gasteiger partial charge in [-0.25, -0.2) is 4.98 Å². The lowest BCUT2D eigenvalue weighted by Gasteiger charge is -2.17. The SMILES string of the molecule is Nc1c(-c2cccc(OC(F)(F)F)c2)cc(C(F)(F)F)nc1-c1cccc(OC(F)(F)F)c1. The summed E-state index contributed by atoms with van der Waals surface area (Å²) in [5, 5.41) is 0. The molecule has 0 aliphatic heterocycles. The van der Waals surface area contributed by atoms with Crippen molar-refractivity contribution in [2.75, 3.05) is 5.73 Å². The van der Waals surface area contributed by atoms with Gasteiger partial charge in [0.1, 0.15) is 17.2 Å². The summed E-state index contributed by atoms with van der Waals surface area (Å²) in [7, 11) is 0.